The van der Waals surface area contributed by atoms with Gasteiger partial charge in [-0.15, -0.1) is 0 Å². The van der Waals surface area contributed by atoms with Crippen LogP contribution in [0.25, 0.3) is 0 Å². The second-order valence-electron chi connectivity index (χ2n) is 4.74. The first-order chi connectivity index (χ1) is 7.88. The Balaban J connectivity index is 2.27. The van der Waals surface area contributed by atoms with Crippen molar-refractivity contribution in [3.05, 3.63) is 24.2 Å². The van der Waals surface area contributed by atoms with Gasteiger partial charge < -0.3 is 20.2 Å². The Morgan fingerprint density at radius 1 is 1.65 bits per heavy atom. The fourth-order valence-electron chi connectivity index (χ4n) is 1.15. The van der Waals surface area contributed by atoms with Crippen LogP contribution in [-0.4, -0.2) is 24.2 Å². The Hall–Kier alpha value is -1.33. The van der Waals surface area contributed by atoms with Crippen molar-refractivity contribution in [1.29, 1.82) is 0 Å². The molecule has 1 amide bonds. The summed E-state index contributed by atoms with van der Waals surface area (Å²) in [6.45, 7) is 6.10. The number of ether oxygens (including phenoxy) is 1. The summed E-state index contributed by atoms with van der Waals surface area (Å²) in [6.07, 6.45) is 1.05. The molecule has 1 heterocycles. The molecule has 0 aliphatic heterocycles. The lowest BCUT2D eigenvalue weighted by Crippen LogP contribution is -2.42. The molecule has 0 saturated carbocycles. The first-order valence-electron chi connectivity index (χ1n) is 5.59. The molecule has 5 nitrogen and oxygen atoms in total. The van der Waals surface area contributed by atoms with Crippen LogP contribution in [-0.2, 0) is 16.1 Å². The van der Waals surface area contributed by atoms with Crippen LogP contribution < -0.4 is 11.1 Å². The molecule has 0 saturated heterocycles. The molecule has 0 radical (unpaired) electrons. The highest BCUT2D eigenvalue weighted by Gasteiger charge is 2.18. The summed E-state index contributed by atoms with van der Waals surface area (Å²) in [6, 6.07) is 3.58. The maximum atomic E-state index is 11.6. The fourth-order valence-corrected chi connectivity index (χ4v) is 1.15. The van der Waals surface area contributed by atoms with E-state index in [1.807, 2.05) is 13.8 Å². The zero-order valence-corrected chi connectivity index (χ0v) is 10.5. The Morgan fingerprint density at radius 3 is 2.88 bits per heavy atom. The molecular formula is C12H20N2O3. The molecule has 0 aliphatic rings. The van der Waals surface area contributed by atoms with Gasteiger partial charge in [0, 0.05) is 5.54 Å². The van der Waals surface area contributed by atoms with Crippen molar-refractivity contribution in [2.24, 2.45) is 5.73 Å². The number of amides is 1. The van der Waals surface area contributed by atoms with Crippen LogP contribution >= 0.6 is 0 Å². The highest BCUT2D eigenvalue weighted by molar-refractivity contribution is 5.80. The molecule has 1 aromatic heterocycles. The van der Waals surface area contributed by atoms with E-state index in [2.05, 4.69) is 5.32 Å². The highest BCUT2D eigenvalue weighted by Crippen LogP contribution is 2.02. The third-order valence-corrected chi connectivity index (χ3v) is 2.09. The van der Waals surface area contributed by atoms with E-state index in [-0.39, 0.29) is 5.91 Å². The van der Waals surface area contributed by atoms with Crippen molar-refractivity contribution in [2.75, 3.05) is 6.61 Å². The van der Waals surface area contributed by atoms with Crippen LogP contribution in [0.15, 0.2) is 22.8 Å². The van der Waals surface area contributed by atoms with Crippen molar-refractivity contribution in [1.82, 2.24) is 5.32 Å². The smallest absolute Gasteiger partial charge is 0.249 e. The number of carbonyl (C=O) groups excluding carboxylic acids is 1. The zero-order valence-electron chi connectivity index (χ0n) is 10.5. The van der Waals surface area contributed by atoms with Gasteiger partial charge in [-0.1, -0.05) is 0 Å². The van der Waals surface area contributed by atoms with Gasteiger partial charge in [-0.25, -0.2) is 0 Å². The second kappa shape index (κ2) is 5.84. The summed E-state index contributed by atoms with van der Waals surface area (Å²) in [4.78, 5) is 11.6. The van der Waals surface area contributed by atoms with E-state index in [0.717, 1.165) is 0 Å². The lowest BCUT2D eigenvalue weighted by molar-refractivity contribution is -0.132. The predicted molar refractivity (Wildman–Crippen MR) is 64.2 cm³/mol. The third-order valence-electron chi connectivity index (χ3n) is 2.09. The average Bonchev–Trinajstić information content (AvgIpc) is 2.74. The van der Waals surface area contributed by atoms with Crippen LogP contribution in [0.2, 0.25) is 0 Å². The van der Waals surface area contributed by atoms with Crippen molar-refractivity contribution in [3.63, 3.8) is 0 Å². The van der Waals surface area contributed by atoms with E-state index >= 15 is 0 Å². The third kappa shape index (κ3) is 5.51. The summed E-state index contributed by atoms with van der Waals surface area (Å²) < 4.78 is 10.5. The SMILES string of the molecule is CC(OCC(C)(C)N)C(=O)NCc1ccco1. The van der Waals surface area contributed by atoms with E-state index in [4.69, 9.17) is 14.9 Å². The molecule has 96 valence electrons. The zero-order chi connectivity index (χ0) is 12.9. The molecule has 1 unspecified atom stereocenters. The summed E-state index contributed by atoms with van der Waals surface area (Å²) in [5.74, 6) is 0.537. The van der Waals surface area contributed by atoms with Crippen molar-refractivity contribution in [2.45, 2.75) is 39.0 Å². The molecule has 1 rings (SSSR count). The van der Waals surface area contributed by atoms with Crippen molar-refractivity contribution < 1.29 is 13.9 Å². The standard InChI is InChI=1S/C12H20N2O3/c1-9(17-8-12(2,3)13)11(15)14-7-10-5-4-6-16-10/h4-6,9H,7-8,13H2,1-3H3,(H,14,15). The Bertz CT molecular complexity index is 341. The Labute approximate surface area is 101 Å². The van der Waals surface area contributed by atoms with Crippen LogP contribution in [0.4, 0.5) is 0 Å². The van der Waals surface area contributed by atoms with Crippen LogP contribution in [0.5, 0.6) is 0 Å². The van der Waals surface area contributed by atoms with Gasteiger partial charge >= 0.3 is 0 Å². The molecule has 5 heteroatoms. The first kappa shape index (κ1) is 13.7. The van der Waals surface area contributed by atoms with Gasteiger partial charge in [-0.2, -0.15) is 0 Å². The maximum Gasteiger partial charge on any atom is 0.249 e. The fraction of sp³-hybridized carbons (Fsp3) is 0.583. The molecule has 17 heavy (non-hydrogen) atoms. The summed E-state index contributed by atoms with van der Waals surface area (Å²) in [5, 5.41) is 2.72. The number of nitrogens with two attached hydrogens (primary N) is 1. The molecule has 0 aromatic carbocycles. The molecule has 3 N–H and O–H groups in total. The van der Waals surface area contributed by atoms with Crippen LogP contribution in [0.1, 0.15) is 26.5 Å². The average molecular weight is 240 g/mol. The van der Waals surface area contributed by atoms with Gasteiger partial charge in [0.2, 0.25) is 5.91 Å². The van der Waals surface area contributed by atoms with Crippen LogP contribution in [0, 0.1) is 0 Å². The minimum Gasteiger partial charge on any atom is -0.467 e. The number of carbonyl (C=O) groups is 1. The number of nitrogens with one attached hydrogen (secondary N) is 1. The molecule has 0 bridgehead atoms. The van der Waals surface area contributed by atoms with Crippen molar-refractivity contribution >= 4 is 5.91 Å². The molecular weight excluding hydrogens is 220 g/mol. The van der Waals surface area contributed by atoms with Gasteiger partial charge in [0.15, 0.2) is 0 Å². The lowest BCUT2D eigenvalue weighted by Gasteiger charge is -2.21. The quantitative estimate of drug-likeness (QED) is 0.778. The van der Waals surface area contributed by atoms with E-state index in [1.165, 1.54) is 0 Å². The molecule has 0 spiro atoms. The minimum atomic E-state index is -0.521. The highest BCUT2D eigenvalue weighted by atomic mass is 16.5. The minimum absolute atomic E-state index is 0.175. The molecule has 1 atom stereocenters. The van der Waals surface area contributed by atoms with Gasteiger partial charge in [-0.05, 0) is 32.9 Å². The van der Waals surface area contributed by atoms with E-state index < -0.39 is 11.6 Å². The summed E-state index contributed by atoms with van der Waals surface area (Å²) in [7, 11) is 0. The van der Waals surface area contributed by atoms with Crippen molar-refractivity contribution in [3.8, 4) is 0 Å². The second-order valence-corrected chi connectivity index (χ2v) is 4.74. The van der Waals surface area contributed by atoms with E-state index in [9.17, 15) is 4.79 Å². The van der Waals surface area contributed by atoms with Gasteiger partial charge in [0.1, 0.15) is 11.9 Å². The number of rotatable bonds is 6. The number of furan rings is 1. The summed E-state index contributed by atoms with van der Waals surface area (Å²) >= 11 is 0. The van der Waals surface area contributed by atoms with Crippen LogP contribution in [0.3, 0.4) is 0 Å². The topological polar surface area (TPSA) is 77.5 Å². The maximum absolute atomic E-state index is 11.6. The number of hydrogen-bond acceptors (Lipinski definition) is 4. The monoisotopic (exact) mass is 240 g/mol. The van der Waals surface area contributed by atoms with Gasteiger partial charge in [0.05, 0.1) is 19.4 Å². The van der Waals surface area contributed by atoms with E-state index in [1.54, 1.807) is 25.3 Å². The normalized spacial score (nSPS) is 13.4. The van der Waals surface area contributed by atoms with Gasteiger partial charge in [0.25, 0.3) is 0 Å². The summed E-state index contributed by atoms with van der Waals surface area (Å²) in [5.41, 5.74) is 5.33. The largest absolute Gasteiger partial charge is 0.467 e. The number of hydrogen-bond donors (Lipinski definition) is 2. The van der Waals surface area contributed by atoms with Gasteiger partial charge in [-0.3, -0.25) is 4.79 Å². The van der Waals surface area contributed by atoms with E-state index in [0.29, 0.717) is 18.9 Å². The molecule has 0 fully saturated rings. The first-order valence-corrected chi connectivity index (χ1v) is 5.59. The molecule has 0 aliphatic carbocycles. The Kier molecular flexibility index (Phi) is 4.72. The lowest BCUT2D eigenvalue weighted by atomic mass is 10.1. The Morgan fingerprint density at radius 2 is 2.35 bits per heavy atom. The predicted octanol–water partition coefficient (Wildman–Crippen LogP) is 1.04. The molecule has 1 aromatic rings.